The second-order valence-electron chi connectivity index (χ2n) is 12.1. The first-order valence-corrected chi connectivity index (χ1v) is 12.7. The normalized spacial score (nSPS) is 27.6. The van der Waals surface area contributed by atoms with Crippen LogP contribution in [0.4, 0.5) is 13.2 Å². The van der Waals surface area contributed by atoms with Crippen LogP contribution >= 0.6 is 0 Å². The van der Waals surface area contributed by atoms with E-state index in [-0.39, 0.29) is 42.7 Å². The Kier molecular flexibility index (Phi) is 8.10. The van der Waals surface area contributed by atoms with Gasteiger partial charge in [0.05, 0.1) is 13.0 Å². The van der Waals surface area contributed by atoms with Gasteiger partial charge < -0.3 is 25.6 Å². The number of halogens is 3. The van der Waals surface area contributed by atoms with Gasteiger partial charge in [0.2, 0.25) is 17.7 Å². The Labute approximate surface area is 219 Å². The van der Waals surface area contributed by atoms with Crippen LogP contribution in [0.25, 0.3) is 0 Å². The van der Waals surface area contributed by atoms with Gasteiger partial charge in [0.1, 0.15) is 12.1 Å². The summed E-state index contributed by atoms with van der Waals surface area (Å²) in [5.74, 6) is -5.76. The third-order valence-corrected chi connectivity index (χ3v) is 8.20. The molecule has 0 radical (unpaired) electrons. The van der Waals surface area contributed by atoms with Gasteiger partial charge in [-0.1, -0.05) is 34.6 Å². The highest BCUT2D eigenvalue weighted by molar-refractivity contribution is 5.95. The first kappa shape index (κ1) is 29.7. The van der Waals surface area contributed by atoms with Gasteiger partial charge in [-0.15, -0.1) is 0 Å². The average molecular weight is 547 g/mol. The van der Waals surface area contributed by atoms with Gasteiger partial charge in [0.15, 0.2) is 0 Å². The predicted octanol–water partition coefficient (Wildman–Crippen LogP) is 0.994. The highest BCUT2D eigenvalue weighted by atomic mass is 19.4. The predicted molar refractivity (Wildman–Crippen MR) is 128 cm³/mol. The summed E-state index contributed by atoms with van der Waals surface area (Å²) in [6.45, 7) is 9.03. The Bertz CT molecular complexity index is 993. The minimum Gasteiger partial charge on any atom is -0.469 e. The largest absolute Gasteiger partial charge is 0.471 e. The molecule has 3 rings (SSSR count). The number of fused-ring (bicyclic) bond motifs is 1. The minimum absolute atomic E-state index is 0.0419. The molecule has 6 atom stereocenters. The van der Waals surface area contributed by atoms with E-state index in [0.29, 0.717) is 13.0 Å². The molecule has 214 valence electrons. The Morgan fingerprint density at radius 1 is 1.18 bits per heavy atom. The lowest BCUT2D eigenvalue weighted by atomic mass is 9.85. The first-order chi connectivity index (χ1) is 17.4. The summed E-state index contributed by atoms with van der Waals surface area (Å²) in [5, 5.41) is 7.24. The number of carbonyl (C=O) groups excluding carboxylic acids is 5. The Morgan fingerprint density at radius 3 is 2.32 bits per heavy atom. The van der Waals surface area contributed by atoms with Crippen LogP contribution in [0.15, 0.2) is 0 Å². The molecule has 0 aromatic rings. The summed E-state index contributed by atoms with van der Waals surface area (Å²) in [6.07, 6.45) is -4.44. The summed E-state index contributed by atoms with van der Waals surface area (Å²) >= 11 is 0. The van der Waals surface area contributed by atoms with Gasteiger partial charge in [0.25, 0.3) is 0 Å². The lowest BCUT2D eigenvalue weighted by molar-refractivity contribution is -0.176. The van der Waals surface area contributed by atoms with Crippen molar-refractivity contribution < 1.29 is 41.9 Å². The highest BCUT2D eigenvalue weighted by Gasteiger charge is 2.69. The molecule has 0 bridgehead atoms. The van der Waals surface area contributed by atoms with E-state index in [4.69, 9.17) is 4.74 Å². The van der Waals surface area contributed by atoms with Gasteiger partial charge in [0, 0.05) is 25.6 Å². The number of nitrogens with zero attached hydrogens (tertiary/aromatic N) is 1. The molecule has 3 fully saturated rings. The number of carbonyl (C=O) groups is 5. The molecule has 10 nitrogen and oxygen atoms in total. The molecule has 4 amide bonds. The van der Waals surface area contributed by atoms with Crippen LogP contribution in [0.1, 0.15) is 47.5 Å². The highest BCUT2D eigenvalue weighted by Crippen LogP contribution is 2.65. The molecular weight excluding hydrogens is 509 g/mol. The Morgan fingerprint density at radius 2 is 1.82 bits per heavy atom. The summed E-state index contributed by atoms with van der Waals surface area (Å²) in [4.78, 5) is 64.3. The molecular formula is C25H37F3N4O6. The summed E-state index contributed by atoms with van der Waals surface area (Å²) in [7, 11) is 1.21. The fourth-order valence-electron chi connectivity index (χ4n) is 5.81. The Balaban J connectivity index is 1.78. The van der Waals surface area contributed by atoms with Crippen LogP contribution in [-0.2, 0) is 28.7 Å². The number of likely N-dealkylation sites (tertiary alicyclic amines) is 1. The molecule has 3 aliphatic rings. The number of amides is 4. The van der Waals surface area contributed by atoms with Gasteiger partial charge in [-0.25, -0.2) is 0 Å². The average Bonchev–Trinajstić information content (AvgIpc) is 3.17. The lowest BCUT2D eigenvalue weighted by Gasteiger charge is -2.37. The molecule has 2 aliphatic heterocycles. The molecule has 0 spiro atoms. The van der Waals surface area contributed by atoms with Crippen LogP contribution in [0.2, 0.25) is 0 Å². The number of hydrogen-bond donors (Lipinski definition) is 3. The third kappa shape index (κ3) is 5.90. The number of nitrogens with one attached hydrogen (secondary N) is 3. The van der Waals surface area contributed by atoms with E-state index in [9.17, 15) is 37.1 Å². The van der Waals surface area contributed by atoms with Crippen molar-refractivity contribution in [2.24, 2.45) is 34.5 Å². The molecule has 3 N–H and O–H groups in total. The smallest absolute Gasteiger partial charge is 0.469 e. The van der Waals surface area contributed by atoms with Crippen molar-refractivity contribution in [2.75, 3.05) is 26.7 Å². The standard InChI is InChI=1S/C25H37F3N4O6/c1-23(2,3)17(31-22(37)25(26,27)28)20(35)32-11-14-15(24(14,4)5)16(32)19(34)30-10-13(21(36)38-6)9-12-7-8-29-18(12)33/h12-17H,7-11H2,1-6H3,(H,29,33)(H,30,34)(H,31,37)/t12-,13+,14?,15?,16-,17?/m0/s1. The van der Waals surface area contributed by atoms with Crippen LogP contribution in [0.5, 0.6) is 0 Å². The molecule has 1 aliphatic carbocycles. The summed E-state index contributed by atoms with van der Waals surface area (Å²) < 4.78 is 43.8. The maximum atomic E-state index is 13.6. The van der Waals surface area contributed by atoms with Crippen molar-refractivity contribution in [1.29, 1.82) is 0 Å². The number of methoxy groups -OCH3 is 1. The minimum atomic E-state index is -5.17. The monoisotopic (exact) mass is 546 g/mol. The number of alkyl halides is 3. The zero-order valence-corrected chi connectivity index (χ0v) is 22.5. The molecule has 0 aromatic heterocycles. The summed E-state index contributed by atoms with van der Waals surface area (Å²) in [6, 6.07) is -2.50. The van der Waals surface area contributed by atoms with Gasteiger partial charge >= 0.3 is 18.1 Å². The zero-order chi connectivity index (χ0) is 28.8. The second-order valence-corrected chi connectivity index (χ2v) is 12.1. The number of esters is 1. The molecule has 3 unspecified atom stereocenters. The van der Waals surface area contributed by atoms with Crippen molar-refractivity contribution in [3.8, 4) is 0 Å². The molecule has 0 aromatic carbocycles. The van der Waals surface area contributed by atoms with Crippen molar-refractivity contribution in [2.45, 2.75) is 65.7 Å². The van der Waals surface area contributed by atoms with Gasteiger partial charge in [-0.3, -0.25) is 24.0 Å². The Hall–Kier alpha value is -2.86. The van der Waals surface area contributed by atoms with E-state index in [2.05, 4.69) is 10.6 Å². The van der Waals surface area contributed by atoms with Crippen LogP contribution < -0.4 is 16.0 Å². The van der Waals surface area contributed by atoms with Crippen molar-refractivity contribution in [3.05, 3.63) is 0 Å². The maximum absolute atomic E-state index is 13.6. The van der Waals surface area contributed by atoms with Crippen molar-refractivity contribution >= 4 is 29.6 Å². The zero-order valence-electron chi connectivity index (χ0n) is 22.5. The van der Waals surface area contributed by atoms with Crippen LogP contribution in [-0.4, -0.2) is 79.5 Å². The van der Waals surface area contributed by atoms with Crippen LogP contribution in [0, 0.1) is 34.5 Å². The van der Waals surface area contributed by atoms with Crippen molar-refractivity contribution in [3.63, 3.8) is 0 Å². The fraction of sp³-hybridized carbons (Fsp3) is 0.800. The van der Waals surface area contributed by atoms with Crippen molar-refractivity contribution in [1.82, 2.24) is 20.9 Å². The third-order valence-electron chi connectivity index (χ3n) is 8.20. The number of piperidine rings is 1. The van der Waals surface area contributed by atoms with Crippen LogP contribution in [0.3, 0.4) is 0 Å². The van der Waals surface area contributed by atoms with E-state index in [0.717, 1.165) is 0 Å². The molecule has 2 heterocycles. The SMILES string of the molecule is COC(=O)[C@@H](CNC(=O)[C@@H]1C2C(CN1C(=O)C(NC(=O)C(F)(F)F)C(C)(C)C)C2(C)C)C[C@@H]1CCNC1=O. The fourth-order valence-corrected chi connectivity index (χ4v) is 5.81. The van der Waals surface area contributed by atoms with E-state index in [1.54, 1.807) is 0 Å². The van der Waals surface area contributed by atoms with Gasteiger partial charge in [-0.2, -0.15) is 13.2 Å². The second kappa shape index (κ2) is 10.4. The first-order valence-electron chi connectivity index (χ1n) is 12.7. The quantitative estimate of drug-likeness (QED) is 0.389. The lowest BCUT2D eigenvalue weighted by Crippen LogP contribution is -2.60. The summed E-state index contributed by atoms with van der Waals surface area (Å²) in [5.41, 5.74) is -1.34. The molecule has 2 saturated heterocycles. The maximum Gasteiger partial charge on any atom is 0.471 e. The van der Waals surface area contributed by atoms with E-state index < -0.39 is 59.2 Å². The van der Waals surface area contributed by atoms with E-state index in [1.807, 2.05) is 19.2 Å². The van der Waals surface area contributed by atoms with E-state index >= 15 is 0 Å². The van der Waals surface area contributed by atoms with Gasteiger partial charge in [-0.05, 0) is 35.5 Å². The molecule has 1 saturated carbocycles. The number of ether oxygens (including phenoxy) is 1. The number of rotatable bonds is 8. The molecule has 38 heavy (non-hydrogen) atoms. The van der Waals surface area contributed by atoms with E-state index in [1.165, 1.54) is 32.8 Å². The number of hydrogen-bond acceptors (Lipinski definition) is 6. The molecule has 13 heteroatoms. The topological polar surface area (TPSA) is 134 Å².